The fourth-order valence-electron chi connectivity index (χ4n) is 3.06. The van der Waals surface area contributed by atoms with E-state index in [0.29, 0.717) is 5.41 Å². The largest absolute Gasteiger partial charge is 0.376 e. The number of hydrazine groups is 1. The molecule has 0 bridgehead atoms. The smallest absolute Gasteiger partial charge is 0.0886 e. The Hall–Kier alpha value is -0.970. The molecule has 1 fully saturated rings. The highest BCUT2D eigenvalue weighted by Gasteiger charge is 2.44. The van der Waals surface area contributed by atoms with Gasteiger partial charge in [0.1, 0.15) is 0 Å². The van der Waals surface area contributed by atoms with E-state index in [9.17, 15) is 0 Å². The van der Waals surface area contributed by atoms with E-state index in [4.69, 9.17) is 10.6 Å². The second-order valence-corrected chi connectivity index (χ2v) is 6.32. The molecule has 0 spiro atoms. The third kappa shape index (κ3) is 2.96. The van der Waals surface area contributed by atoms with Gasteiger partial charge in [0.05, 0.1) is 11.6 Å². The summed E-state index contributed by atoms with van der Waals surface area (Å²) < 4.78 is 5.91. The molecule has 0 aromatic carbocycles. The molecule has 3 N–H and O–H groups in total. The Morgan fingerprint density at radius 3 is 2.47 bits per heavy atom. The molecular formula is C15H25N3O. The van der Waals surface area contributed by atoms with Crippen LogP contribution in [0.15, 0.2) is 24.5 Å². The van der Waals surface area contributed by atoms with E-state index in [0.717, 1.165) is 31.2 Å². The van der Waals surface area contributed by atoms with Gasteiger partial charge < -0.3 is 4.74 Å². The van der Waals surface area contributed by atoms with Gasteiger partial charge in [-0.25, -0.2) is 0 Å². The van der Waals surface area contributed by atoms with Gasteiger partial charge in [-0.15, -0.1) is 0 Å². The van der Waals surface area contributed by atoms with E-state index in [-0.39, 0.29) is 11.6 Å². The van der Waals surface area contributed by atoms with Gasteiger partial charge in [0, 0.05) is 19.5 Å². The molecule has 0 saturated heterocycles. The van der Waals surface area contributed by atoms with E-state index < -0.39 is 0 Å². The minimum atomic E-state index is -0.229. The molecule has 106 valence electrons. The minimum Gasteiger partial charge on any atom is -0.376 e. The van der Waals surface area contributed by atoms with Gasteiger partial charge in [-0.2, -0.15) is 0 Å². The van der Waals surface area contributed by atoms with Crippen molar-refractivity contribution >= 4 is 0 Å². The Kier molecular flexibility index (Phi) is 4.23. The van der Waals surface area contributed by atoms with Crippen molar-refractivity contribution in [3.8, 4) is 0 Å². The van der Waals surface area contributed by atoms with Gasteiger partial charge >= 0.3 is 0 Å². The summed E-state index contributed by atoms with van der Waals surface area (Å²) in [7, 11) is 1.79. The highest BCUT2D eigenvalue weighted by Crippen LogP contribution is 2.46. The number of methoxy groups -OCH3 is 1. The Morgan fingerprint density at radius 2 is 2.00 bits per heavy atom. The summed E-state index contributed by atoms with van der Waals surface area (Å²) in [6, 6.07) is 3.98. The summed E-state index contributed by atoms with van der Waals surface area (Å²) in [6.45, 7) is 4.64. The Balaban J connectivity index is 2.25. The quantitative estimate of drug-likeness (QED) is 0.647. The Bertz CT molecular complexity index is 395. The van der Waals surface area contributed by atoms with Crippen LogP contribution in [0.3, 0.4) is 0 Å². The monoisotopic (exact) mass is 263 g/mol. The number of aromatic nitrogens is 1. The number of nitrogens with zero attached hydrogens (tertiary/aromatic N) is 1. The van der Waals surface area contributed by atoms with Gasteiger partial charge in [-0.3, -0.25) is 16.3 Å². The van der Waals surface area contributed by atoms with Crippen LogP contribution in [-0.4, -0.2) is 17.7 Å². The van der Waals surface area contributed by atoms with Crippen molar-refractivity contribution in [1.29, 1.82) is 0 Å². The highest BCUT2D eigenvalue weighted by molar-refractivity contribution is 5.19. The predicted octanol–water partition coefficient (Wildman–Crippen LogP) is 2.57. The van der Waals surface area contributed by atoms with Crippen molar-refractivity contribution in [2.24, 2.45) is 11.3 Å². The van der Waals surface area contributed by atoms with Gasteiger partial charge in [-0.05, 0) is 42.7 Å². The molecule has 0 amide bonds. The van der Waals surface area contributed by atoms with Crippen LogP contribution in [0.1, 0.15) is 51.1 Å². The first-order valence-corrected chi connectivity index (χ1v) is 6.94. The summed E-state index contributed by atoms with van der Waals surface area (Å²) in [5, 5.41) is 0. The van der Waals surface area contributed by atoms with Crippen LogP contribution in [0.25, 0.3) is 0 Å². The zero-order valence-electron chi connectivity index (χ0n) is 12.1. The van der Waals surface area contributed by atoms with Gasteiger partial charge in [-0.1, -0.05) is 19.9 Å². The maximum absolute atomic E-state index is 5.91. The molecule has 0 radical (unpaired) electrons. The third-order valence-corrected chi connectivity index (χ3v) is 4.57. The van der Waals surface area contributed by atoms with E-state index in [2.05, 4.69) is 30.3 Å². The lowest BCUT2D eigenvalue weighted by Crippen LogP contribution is -2.51. The Labute approximate surface area is 115 Å². The van der Waals surface area contributed by atoms with Crippen molar-refractivity contribution in [3.05, 3.63) is 30.1 Å². The van der Waals surface area contributed by atoms with Crippen LogP contribution in [0.2, 0.25) is 0 Å². The van der Waals surface area contributed by atoms with Crippen LogP contribution < -0.4 is 11.3 Å². The van der Waals surface area contributed by atoms with Gasteiger partial charge in [0.25, 0.3) is 0 Å². The summed E-state index contributed by atoms with van der Waals surface area (Å²) in [5.41, 5.74) is 4.20. The maximum atomic E-state index is 5.91. The molecule has 1 atom stereocenters. The van der Waals surface area contributed by atoms with Crippen LogP contribution in [0.5, 0.6) is 0 Å². The maximum Gasteiger partial charge on any atom is 0.0886 e. The van der Waals surface area contributed by atoms with Crippen LogP contribution in [0.4, 0.5) is 0 Å². The molecule has 2 rings (SSSR count). The molecule has 1 saturated carbocycles. The summed E-state index contributed by atoms with van der Waals surface area (Å²) in [6.07, 6.45) is 7.98. The molecule has 1 heterocycles. The fraction of sp³-hybridized carbons (Fsp3) is 0.667. The number of pyridine rings is 1. The predicted molar refractivity (Wildman–Crippen MR) is 76.3 cm³/mol. The van der Waals surface area contributed by atoms with Crippen molar-refractivity contribution < 1.29 is 4.74 Å². The summed E-state index contributed by atoms with van der Waals surface area (Å²) in [5.74, 6) is 5.81. The van der Waals surface area contributed by atoms with Crippen LogP contribution in [-0.2, 0) is 4.74 Å². The molecular weight excluding hydrogens is 238 g/mol. The lowest BCUT2D eigenvalue weighted by atomic mass is 9.67. The normalized spacial score (nSPS) is 22.9. The van der Waals surface area contributed by atoms with E-state index >= 15 is 0 Å². The number of hydrogen-bond acceptors (Lipinski definition) is 4. The van der Waals surface area contributed by atoms with E-state index in [1.54, 1.807) is 13.3 Å². The lowest BCUT2D eigenvalue weighted by molar-refractivity contribution is -0.0877. The number of nitrogens with two attached hydrogens (primary N) is 1. The van der Waals surface area contributed by atoms with Gasteiger partial charge in [0.15, 0.2) is 0 Å². The first kappa shape index (κ1) is 14.4. The fourth-order valence-corrected chi connectivity index (χ4v) is 3.06. The zero-order valence-corrected chi connectivity index (χ0v) is 12.1. The second kappa shape index (κ2) is 5.57. The van der Waals surface area contributed by atoms with Gasteiger partial charge in [0.2, 0.25) is 0 Å². The molecule has 1 aliphatic carbocycles. The number of ether oxygens (including phenoxy) is 1. The van der Waals surface area contributed by atoms with Crippen molar-refractivity contribution in [3.63, 3.8) is 0 Å². The molecule has 1 aromatic heterocycles. The first-order chi connectivity index (χ1) is 9.03. The standard InChI is InChI=1S/C15H25N3O/c1-14(2)6-8-15(19-3,9-7-14)13(18-16)12-5-4-10-17-11-12/h4-5,10-11,13,18H,6-9,16H2,1-3H3. The number of hydrogen-bond donors (Lipinski definition) is 2. The van der Waals surface area contributed by atoms with E-state index in [1.165, 1.54) is 0 Å². The van der Waals surface area contributed by atoms with E-state index in [1.807, 2.05) is 12.3 Å². The second-order valence-electron chi connectivity index (χ2n) is 6.32. The number of rotatable bonds is 4. The average molecular weight is 263 g/mol. The SMILES string of the molecule is COC1(C(NN)c2cccnc2)CCC(C)(C)CC1. The molecule has 19 heavy (non-hydrogen) atoms. The molecule has 1 unspecified atom stereocenters. The average Bonchev–Trinajstić information content (AvgIpc) is 2.43. The molecule has 0 aliphatic heterocycles. The topological polar surface area (TPSA) is 60.2 Å². The molecule has 1 aliphatic rings. The van der Waals surface area contributed by atoms with Crippen molar-refractivity contribution in [1.82, 2.24) is 10.4 Å². The lowest BCUT2D eigenvalue weighted by Gasteiger charge is -2.46. The molecule has 4 heteroatoms. The summed E-state index contributed by atoms with van der Waals surface area (Å²) in [4.78, 5) is 4.19. The summed E-state index contributed by atoms with van der Waals surface area (Å²) >= 11 is 0. The van der Waals surface area contributed by atoms with Crippen LogP contribution >= 0.6 is 0 Å². The van der Waals surface area contributed by atoms with Crippen molar-refractivity contribution in [2.75, 3.05) is 7.11 Å². The van der Waals surface area contributed by atoms with Crippen molar-refractivity contribution in [2.45, 2.75) is 51.2 Å². The Morgan fingerprint density at radius 1 is 1.32 bits per heavy atom. The third-order valence-electron chi connectivity index (χ3n) is 4.57. The van der Waals surface area contributed by atoms with Crippen LogP contribution in [0, 0.1) is 5.41 Å². The molecule has 1 aromatic rings. The zero-order chi connectivity index (χ0) is 13.9. The highest BCUT2D eigenvalue weighted by atomic mass is 16.5. The molecule has 4 nitrogen and oxygen atoms in total. The number of nitrogens with one attached hydrogen (secondary N) is 1. The first-order valence-electron chi connectivity index (χ1n) is 6.94. The minimum absolute atomic E-state index is 0.0118.